The third-order valence-corrected chi connectivity index (χ3v) is 9.07. The Hall–Kier alpha value is -2.64. The number of aromatic nitrogens is 2. The Morgan fingerprint density at radius 3 is 2.56 bits per heavy atom. The van der Waals surface area contributed by atoms with Crippen molar-refractivity contribution in [2.75, 3.05) is 6.54 Å². The standard InChI is InChI=1S/C24H29FN4O3/c1-12-27-18-6-16(25)2-3-19(18)29(12)17-7-20(28(11-17)23(31)32)21-14-4-13-5-15(21)10-24(8-13,9-14)22(26)30/h2-3,6,13-15,17,20-21H,4-5,7-11H2,1H3,(H2,26,30)(H,31,32). The smallest absolute Gasteiger partial charge is 0.407 e. The number of halogens is 1. The van der Waals surface area contributed by atoms with Crippen LogP contribution in [0.5, 0.6) is 0 Å². The van der Waals surface area contributed by atoms with E-state index in [0.29, 0.717) is 29.8 Å². The number of carbonyl (C=O) groups excluding carboxylic acids is 1. The number of aryl methyl sites for hydroxylation is 1. The summed E-state index contributed by atoms with van der Waals surface area (Å²) < 4.78 is 15.8. The molecule has 1 saturated heterocycles. The van der Waals surface area contributed by atoms with E-state index in [-0.39, 0.29) is 35.1 Å². The molecule has 2 heterocycles. The topological polar surface area (TPSA) is 101 Å². The van der Waals surface area contributed by atoms with Crippen molar-refractivity contribution < 1.29 is 19.1 Å². The van der Waals surface area contributed by atoms with Crippen LogP contribution in [0.15, 0.2) is 18.2 Å². The van der Waals surface area contributed by atoms with Crippen LogP contribution in [0.3, 0.4) is 0 Å². The van der Waals surface area contributed by atoms with Crippen LogP contribution in [0.2, 0.25) is 0 Å². The fraction of sp³-hybridized carbons (Fsp3) is 0.625. The number of fused-ring (bicyclic) bond motifs is 1. The van der Waals surface area contributed by atoms with Crippen molar-refractivity contribution in [2.45, 2.75) is 57.5 Å². The molecule has 3 N–H and O–H groups in total. The zero-order chi connectivity index (χ0) is 22.4. The highest BCUT2D eigenvalue weighted by Crippen LogP contribution is 2.64. The van der Waals surface area contributed by atoms with E-state index in [1.165, 1.54) is 12.1 Å². The van der Waals surface area contributed by atoms with Gasteiger partial charge >= 0.3 is 6.09 Å². The van der Waals surface area contributed by atoms with E-state index >= 15 is 0 Å². The van der Waals surface area contributed by atoms with E-state index in [1.54, 1.807) is 11.0 Å². The number of hydrogen-bond donors (Lipinski definition) is 2. The molecule has 8 heteroatoms. The lowest BCUT2D eigenvalue weighted by molar-refractivity contribution is -0.153. The first-order valence-electron chi connectivity index (χ1n) is 11.7. The van der Waals surface area contributed by atoms with Crippen molar-refractivity contribution in [2.24, 2.45) is 34.8 Å². The highest BCUT2D eigenvalue weighted by molar-refractivity contribution is 5.81. The van der Waals surface area contributed by atoms with E-state index in [9.17, 15) is 19.1 Å². The van der Waals surface area contributed by atoms with Gasteiger partial charge in [-0.1, -0.05) is 0 Å². The van der Waals surface area contributed by atoms with E-state index < -0.39 is 6.09 Å². The SMILES string of the molecule is Cc1nc2cc(F)ccc2n1C1CC(C2C3CC4CC2CC(C(N)=O)(C4)C3)N(C(=O)O)C1. The first-order chi connectivity index (χ1) is 15.3. The summed E-state index contributed by atoms with van der Waals surface area (Å²) in [6, 6.07) is 4.50. The van der Waals surface area contributed by atoms with Crippen molar-refractivity contribution in [1.29, 1.82) is 0 Å². The predicted molar refractivity (Wildman–Crippen MR) is 115 cm³/mol. The first-order valence-corrected chi connectivity index (χ1v) is 11.7. The quantitative estimate of drug-likeness (QED) is 0.760. The molecule has 7 rings (SSSR count). The maximum absolute atomic E-state index is 13.7. The number of likely N-dealkylation sites (tertiary alicyclic amines) is 1. The minimum Gasteiger partial charge on any atom is -0.465 e. The molecule has 1 aromatic carbocycles. The summed E-state index contributed by atoms with van der Waals surface area (Å²) in [6.07, 6.45) is 4.52. The summed E-state index contributed by atoms with van der Waals surface area (Å²) in [4.78, 5) is 30.8. The minimum absolute atomic E-state index is 0.0335. The van der Waals surface area contributed by atoms with Gasteiger partial charge in [-0.05, 0) is 81.3 Å². The molecule has 0 radical (unpaired) electrons. The molecule has 1 aliphatic heterocycles. The zero-order valence-electron chi connectivity index (χ0n) is 18.2. The van der Waals surface area contributed by atoms with Gasteiger partial charge in [-0.3, -0.25) is 4.79 Å². The highest BCUT2D eigenvalue weighted by atomic mass is 19.1. The van der Waals surface area contributed by atoms with Crippen LogP contribution >= 0.6 is 0 Å². The highest BCUT2D eigenvalue weighted by Gasteiger charge is 2.60. The van der Waals surface area contributed by atoms with Gasteiger partial charge in [0.05, 0.1) is 17.1 Å². The number of primary amides is 1. The van der Waals surface area contributed by atoms with E-state index in [2.05, 4.69) is 9.55 Å². The maximum Gasteiger partial charge on any atom is 0.407 e. The Kier molecular flexibility index (Phi) is 4.18. The Labute approximate surface area is 185 Å². The summed E-state index contributed by atoms with van der Waals surface area (Å²) in [6.45, 7) is 2.31. The molecule has 7 nitrogen and oxygen atoms in total. The first kappa shape index (κ1) is 20.0. The molecule has 32 heavy (non-hydrogen) atoms. The molecule has 170 valence electrons. The Morgan fingerprint density at radius 1 is 1.19 bits per heavy atom. The molecule has 0 spiro atoms. The second kappa shape index (κ2) is 6.68. The van der Waals surface area contributed by atoms with Gasteiger partial charge in [-0.2, -0.15) is 0 Å². The Balaban J connectivity index is 1.34. The number of nitrogens with zero attached hydrogens (tertiary/aromatic N) is 3. The lowest BCUT2D eigenvalue weighted by Gasteiger charge is -2.60. The molecule has 2 aromatic rings. The van der Waals surface area contributed by atoms with Crippen LogP contribution < -0.4 is 5.73 Å². The largest absolute Gasteiger partial charge is 0.465 e. The lowest BCUT2D eigenvalue weighted by atomic mass is 9.45. The van der Waals surface area contributed by atoms with Gasteiger partial charge < -0.3 is 20.3 Å². The van der Waals surface area contributed by atoms with Gasteiger partial charge in [0.25, 0.3) is 0 Å². The second-order valence-corrected chi connectivity index (χ2v) is 10.7. The summed E-state index contributed by atoms with van der Waals surface area (Å²) in [5, 5.41) is 10.1. The van der Waals surface area contributed by atoms with Crippen molar-refractivity contribution in [3.63, 3.8) is 0 Å². The van der Waals surface area contributed by atoms with Crippen LogP contribution in [-0.4, -0.2) is 44.1 Å². The lowest BCUT2D eigenvalue weighted by Crippen LogP contribution is -2.59. The van der Waals surface area contributed by atoms with Crippen LogP contribution in [0, 0.1) is 41.8 Å². The molecule has 4 atom stereocenters. The number of benzene rings is 1. The van der Waals surface area contributed by atoms with Crippen molar-refractivity contribution >= 4 is 23.0 Å². The van der Waals surface area contributed by atoms with Crippen LogP contribution in [0.1, 0.15) is 50.4 Å². The fourth-order valence-corrected chi connectivity index (χ4v) is 8.26. The molecule has 4 aliphatic carbocycles. The number of amides is 2. The number of hydrogen-bond acceptors (Lipinski definition) is 3. The number of rotatable bonds is 3. The van der Waals surface area contributed by atoms with E-state index in [4.69, 9.17) is 5.73 Å². The number of carboxylic acid groups (broad SMARTS) is 1. The molecule has 4 saturated carbocycles. The van der Waals surface area contributed by atoms with Crippen molar-refractivity contribution in [1.82, 2.24) is 14.5 Å². The summed E-state index contributed by atoms with van der Waals surface area (Å²) in [5.74, 6) is 1.81. The van der Waals surface area contributed by atoms with Gasteiger partial charge in [-0.25, -0.2) is 14.2 Å². The van der Waals surface area contributed by atoms with Gasteiger partial charge in [0.2, 0.25) is 5.91 Å². The zero-order valence-corrected chi connectivity index (χ0v) is 18.2. The molecule has 5 aliphatic rings. The normalized spacial score (nSPS) is 38.0. The molecule has 4 bridgehead atoms. The summed E-state index contributed by atoms with van der Waals surface area (Å²) in [7, 11) is 0. The van der Waals surface area contributed by atoms with E-state index in [0.717, 1.165) is 49.9 Å². The van der Waals surface area contributed by atoms with Crippen molar-refractivity contribution in [3.05, 3.63) is 29.8 Å². The molecular formula is C24H29FN4O3. The maximum atomic E-state index is 13.7. The van der Waals surface area contributed by atoms with Gasteiger partial charge in [0.1, 0.15) is 11.6 Å². The van der Waals surface area contributed by atoms with Crippen LogP contribution in [-0.2, 0) is 4.79 Å². The van der Waals surface area contributed by atoms with Crippen LogP contribution in [0.25, 0.3) is 11.0 Å². The Bertz CT molecular complexity index is 1110. The van der Waals surface area contributed by atoms with E-state index in [1.807, 2.05) is 6.92 Å². The molecule has 4 unspecified atom stereocenters. The third-order valence-electron chi connectivity index (χ3n) is 9.07. The molecular weight excluding hydrogens is 411 g/mol. The van der Waals surface area contributed by atoms with Gasteiger partial charge in [0, 0.05) is 24.1 Å². The summed E-state index contributed by atoms with van der Waals surface area (Å²) in [5.41, 5.74) is 6.92. The second-order valence-electron chi connectivity index (χ2n) is 10.7. The minimum atomic E-state index is -0.885. The third kappa shape index (κ3) is 2.74. The van der Waals surface area contributed by atoms with Gasteiger partial charge in [0.15, 0.2) is 0 Å². The predicted octanol–water partition coefficient (Wildman–Crippen LogP) is 3.71. The number of nitrogens with two attached hydrogens (primary N) is 1. The number of carbonyl (C=O) groups is 2. The molecule has 5 fully saturated rings. The fourth-order valence-electron chi connectivity index (χ4n) is 8.26. The average Bonchev–Trinajstić information content (AvgIpc) is 3.27. The Morgan fingerprint density at radius 2 is 1.91 bits per heavy atom. The monoisotopic (exact) mass is 440 g/mol. The molecule has 2 amide bonds. The summed E-state index contributed by atoms with van der Waals surface area (Å²) >= 11 is 0. The number of imidazole rings is 1. The average molecular weight is 441 g/mol. The van der Waals surface area contributed by atoms with Crippen molar-refractivity contribution in [3.8, 4) is 0 Å². The molecule has 1 aromatic heterocycles. The van der Waals surface area contributed by atoms with Gasteiger partial charge in [-0.15, -0.1) is 0 Å². The van der Waals surface area contributed by atoms with Crippen LogP contribution in [0.4, 0.5) is 9.18 Å².